The van der Waals surface area contributed by atoms with Gasteiger partial charge in [-0.15, -0.1) is 0 Å². The number of carbonyl (C=O) groups excluding carboxylic acids is 3. The van der Waals surface area contributed by atoms with Crippen LogP contribution in [0.15, 0.2) is 24.3 Å². The molecule has 2 aliphatic rings. The van der Waals surface area contributed by atoms with Gasteiger partial charge in [0.2, 0.25) is 11.8 Å². The van der Waals surface area contributed by atoms with E-state index in [1.165, 1.54) is 12.1 Å². The highest BCUT2D eigenvalue weighted by Crippen LogP contribution is 2.34. The van der Waals surface area contributed by atoms with Crippen LogP contribution in [0.25, 0.3) is 0 Å². The van der Waals surface area contributed by atoms with Gasteiger partial charge in [0.1, 0.15) is 11.9 Å². The van der Waals surface area contributed by atoms with Crippen molar-refractivity contribution in [2.45, 2.75) is 37.1 Å². The van der Waals surface area contributed by atoms with Crippen molar-refractivity contribution in [3.8, 4) is 0 Å². The highest BCUT2D eigenvalue weighted by molar-refractivity contribution is 5.98. The number of nitrogens with one attached hydrogen (secondary N) is 3. The number of halogens is 1. The predicted octanol–water partition coefficient (Wildman–Crippen LogP) is 0.978. The zero-order valence-corrected chi connectivity index (χ0v) is 14.3. The molecule has 0 saturated carbocycles. The van der Waals surface area contributed by atoms with E-state index in [-0.39, 0.29) is 24.6 Å². The molecule has 8 heteroatoms. The van der Waals surface area contributed by atoms with Gasteiger partial charge in [-0.2, -0.15) is 0 Å². The molecule has 1 aromatic rings. The molecule has 26 heavy (non-hydrogen) atoms. The molecular weight excluding hydrogens is 341 g/mol. The second kappa shape index (κ2) is 7.82. The van der Waals surface area contributed by atoms with Crippen molar-refractivity contribution in [2.24, 2.45) is 0 Å². The molecule has 0 bridgehead atoms. The molecule has 1 aromatic carbocycles. The number of hydrogen-bond donors (Lipinski definition) is 3. The number of ether oxygens (including phenoxy) is 1. The molecule has 140 valence electrons. The van der Waals surface area contributed by atoms with Gasteiger partial charge in [-0.05, 0) is 37.0 Å². The largest absolute Gasteiger partial charge is 0.381 e. The van der Waals surface area contributed by atoms with Crippen LogP contribution in [-0.2, 0) is 19.7 Å². The number of carbonyl (C=O) groups is 3. The molecule has 1 unspecified atom stereocenters. The fraction of sp³-hybridized carbons (Fsp3) is 0.500. The quantitative estimate of drug-likeness (QED) is 0.743. The summed E-state index contributed by atoms with van der Waals surface area (Å²) in [6.45, 7) is 1.38. The molecule has 2 aliphatic heterocycles. The van der Waals surface area contributed by atoms with Gasteiger partial charge in [0.05, 0.1) is 0 Å². The zero-order chi connectivity index (χ0) is 18.6. The van der Waals surface area contributed by atoms with E-state index in [2.05, 4.69) is 16.0 Å². The first-order valence-corrected chi connectivity index (χ1v) is 8.70. The molecular formula is C18H22FN3O4. The third-order valence-corrected chi connectivity index (χ3v) is 5.02. The van der Waals surface area contributed by atoms with Crippen molar-refractivity contribution in [1.29, 1.82) is 0 Å². The van der Waals surface area contributed by atoms with E-state index < -0.39 is 23.4 Å². The summed E-state index contributed by atoms with van der Waals surface area (Å²) in [5.74, 6) is -1.07. The Morgan fingerprint density at radius 2 is 2.08 bits per heavy atom. The topological polar surface area (TPSA) is 96.5 Å². The van der Waals surface area contributed by atoms with Crippen molar-refractivity contribution >= 4 is 17.8 Å². The van der Waals surface area contributed by atoms with Crippen molar-refractivity contribution < 1.29 is 23.5 Å². The molecule has 0 spiro atoms. The number of benzene rings is 1. The molecule has 3 rings (SSSR count). The summed E-state index contributed by atoms with van der Waals surface area (Å²) < 4.78 is 19.1. The van der Waals surface area contributed by atoms with E-state index in [9.17, 15) is 18.8 Å². The van der Waals surface area contributed by atoms with E-state index in [1.54, 1.807) is 6.07 Å². The summed E-state index contributed by atoms with van der Waals surface area (Å²) in [7, 11) is 0. The molecule has 2 heterocycles. The van der Waals surface area contributed by atoms with E-state index in [0.29, 0.717) is 32.6 Å². The molecule has 0 aromatic heterocycles. The summed E-state index contributed by atoms with van der Waals surface area (Å²) in [6.07, 6.45) is 1.65. The standard InChI is InChI=1S/C18H22FN3O4/c19-13-3-1-2-12(10-13)18(6-8-26-9-7-18)11-20-16(24)14-4-5-15(23)22-17(25)21-14/h1-3,10,14H,4-9,11H2,(H,20,24)(H2,21,22,23,25). The first-order chi connectivity index (χ1) is 12.5. The highest BCUT2D eigenvalue weighted by Gasteiger charge is 2.36. The van der Waals surface area contributed by atoms with E-state index >= 15 is 0 Å². The smallest absolute Gasteiger partial charge is 0.322 e. The van der Waals surface area contributed by atoms with Crippen LogP contribution in [0.5, 0.6) is 0 Å². The third-order valence-electron chi connectivity index (χ3n) is 5.02. The number of imide groups is 1. The lowest BCUT2D eigenvalue weighted by Gasteiger charge is -2.38. The second-order valence-electron chi connectivity index (χ2n) is 6.73. The van der Waals surface area contributed by atoms with E-state index in [1.807, 2.05) is 6.07 Å². The predicted molar refractivity (Wildman–Crippen MR) is 90.8 cm³/mol. The SMILES string of the molecule is O=C1CCC(C(=O)NCC2(c3cccc(F)c3)CCOCC2)NC(=O)N1. The van der Waals surface area contributed by atoms with Crippen molar-refractivity contribution in [2.75, 3.05) is 19.8 Å². The van der Waals surface area contributed by atoms with Gasteiger partial charge < -0.3 is 15.4 Å². The molecule has 0 radical (unpaired) electrons. The Balaban J connectivity index is 1.71. The minimum absolute atomic E-state index is 0.0969. The summed E-state index contributed by atoms with van der Waals surface area (Å²) in [5, 5.41) is 7.51. The van der Waals surface area contributed by atoms with Gasteiger partial charge in [-0.3, -0.25) is 14.9 Å². The lowest BCUT2D eigenvalue weighted by atomic mass is 9.74. The Hall–Kier alpha value is -2.48. The normalized spacial score (nSPS) is 22.7. The molecule has 7 nitrogen and oxygen atoms in total. The van der Waals surface area contributed by atoms with Crippen LogP contribution in [-0.4, -0.2) is 43.6 Å². The lowest BCUT2D eigenvalue weighted by molar-refractivity contribution is -0.123. The van der Waals surface area contributed by atoms with Crippen molar-refractivity contribution in [1.82, 2.24) is 16.0 Å². The summed E-state index contributed by atoms with van der Waals surface area (Å²) in [5.41, 5.74) is 0.404. The maximum Gasteiger partial charge on any atom is 0.322 e. The highest BCUT2D eigenvalue weighted by atomic mass is 19.1. The molecule has 1 atom stereocenters. The molecule has 4 amide bonds. The summed E-state index contributed by atoms with van der Waals surface area (Å²) in [4.78, 5) is 35.5. The fourth-order valence-corrected chi connectivity index (χ4v) is 3.46. The van der Waals surface area contributed by atoms with Crippen LogP contribution in [0.1, 0.15) is 31.2 Å². The van der Waals surface area contributed by atoms with E-state index in [0.717, 1.165) is 5.56 Å². The Bertz CT molecular complexity index is 703. The Morgan fingerprint density at radius 1 is 1.31 bits per heavy atom. The average Bonchev–Trinajstić information content (AvgIpc) is 2.80. The maximum atomic E-state index is 13.7. The van der Waals surface area contributed by atoms with Crippen LogP contribution in [0.4, 0.5) is 9.18 Å². The van der Waals surface area contributed by atoms with Gasteiger partial charge in [0.25, 0.3) is 0 Å². The molecule has 2 fully saturated rings. The van der Waals surface area contributed by atoms with Crippen LogP contribution in [0.2, 0.25) is 0 Å². The molecule has 0 aliphatic carbocycles. The maximum absolute atomic E-state index is 13.7. The molecule has 3 N–H and O–H groups in total. The van der Waals surface area contributed by atoms with Gasteiger partial charge >= 0.3 is 6.03 Å². The second-order valence-corrected chi connectivity index (χ2v) is 6.73. The van der Waals surface area contributed by atoms with Gasteiger partial charge in [0, 0.05) is 31.6 Å². The van der Waals surface area contributed by atoms with Crippen LogP contribution >= 0.6 is 0 Å². The Kier molecular flexibility index (Phi) is 5.51. The first-order valence-electron chi connectivity index (χ1n) is 8.70. The van der Waals surface area contributed by atoms with Crippen molar-refractivity contribution in [3.05, 3.63) is 35.6 Å². The Labute approximate surface area is 150 Å². The van der Waals surface area contributed by atoms with Crippen LogP contribution in [0, 0.1) is 5.82 Å². The fourth-order valence-electron chi connectivity index (χ4n) is 3.46. The number of amides is 4. The first kappa shape index (κ1) is 18.3. The Morgan fingerprint density at radius 3 is 2.81 bits per heavy atom. The van der Waals surface area contributed by atoms with Gasteiger partial charge in [0.15, 0.2) is 0 Å². The van der Waals surface area contributed by atoms with Crippen molar-refractivity contribution in [3.63, 3.8) is 0 Å². The van der Waals surface area contributed by atoms with Crippen LogP contribution < -0.4 is 16.0 Å². The average molecular weight is 363 g/mol. The third kappa shape index (κ3) is 4.19. The van der Waals surface area contributed by atoms with Crippen LogP contribution in [0.3, 0.4) is 0 Å². The van der Waals surface area contributed by atoms with Gasteiger partial charge in [-0.25, -0.2) is 9.18 Å². The van der Waals surface area contributed by atoms with Gasteiger partial charge in [-0.1, -0.05) is 12.1 Å². The summed E-state index contributed by atoms with van der Waals surface area (Å²) in [6, 6.07) is 4.96. The number of rotatable bonds is 4. The molecule has 2 saturated heterocycles. The van der Waals surface area contributed by atoms with E-state index in [4.69, 9.17) is 4.74 Å². The lowest BCUT2D eigenvalue weighted by Crippen LogP contribution is -2.52. The minimum atomic E-state index is -0.772. The summed E-state index contributed by atoms with van der Waals surface area (Å²) >= 11 is 0. The zero-order valence-electron chi connectivity index (χ0n) is 14.3. The minimum Gasteiger partial charge on any atom is -0.381 e. The number of urea groups is 1. The monoisotopic (exact) mass is 363 g/mol. The number of hydrogen-bond acceptors (Lipinski definition) is 4.